The molecular weight excluding hydrogens is 200 g/mol. The van der Waals surface area contributed by atoms with Crippen molar-refractivity contribution in [2.24, 2.45) is 5.73 Å². The molecule has 3 N–H and O–H groups in total. The summed E-state index contributed by atoms with van der Waals surface area (Å²) in [6.07, 6.45) is 0.367. The van der Waals surface area contributed by atoms with Gasteiger partial charge in [-0.15, -0.1) is 0 Å². The van der Waals surface area contributed by atoms with Gasteiger partial charge in [0.1, 0.15) is 11.5 Å². The first-order valence-electron chi connectivity index (χ1n) is 5.14. The number of aryl methyl sites for hydroxylation is 1. The molecule has 1 aromatic heterocycles. The van der Waals surface area contributed by atoms with Crippen molar-refractivity contribution >= 4 is 5.84 Å². The molecule has 0 fully saturated rings. The van der Waals surface area contributed by atoms with Gasteiger partial charge in [-0.3, -0.25) is 5.41 Å². The van der Waals surface area contributed by atoms with Gasteiger partial charge in [0.05, 0.1) is 12.3 Å². The third-order valence-electron chi connectivity index (χ3n) is 2.36. The number of hydrogen-bond donors (Lipinski definition) is 2. The highest BCUT2D eigenvalue weighted by atomic mass is 16.3. The van der Waals surface area contributed by atoms with Gasteiger partial charge in [0.2, 0.25) is 0 Å². The molecule has 0 aliphatic carbocycles. The fourth-order valence-electron chi connectivity index (χ4n) is 1.53. The quantitative estimate of drug-likeness (QED) is 0.609. The van der Waals surface area contributed by atoms with Gasteiger partial charge in [-0.2, -0.15) is 0 Å². The Hall–Kier alpha value is -2.03. The van der Waals surface area contributed by atoms with E-state index in [1.54, 1.807) is 0 Å². The van der Waals surface area contributed by atoms with Gasteiger partial charge in [0.15, 0.2) is 0 Å². The Morgan fingerprint density at radius 1 is 1.19 bits per heavy atom. The van der Waals surface area contributed by atoms with E-state index in [9.17, 15) is 0 Å². The summed E-state index contributed by atoms with van der Waals surface area (Å²) in [7, 11) is 0. The highest BCUT2D eigenvalue weighted by Crippen LogP contribution is 2.22. The molecule has 1 aromatic carbocycles. The molecule has 0 aliphatic heterocycles. The Morgan fingerprint density at radius 3 is 2.50 bits per heavy atom. The van der Waals surface area contributed by atoms with E-state index in [0.717, 1.165) is 17.1 Å². The lowest BCUT2D eigenvalue weighted by Gasteiger charge is -1.98. The van der Waals surface area contributed by atoms with Crippen LogP contribution in [0.15, 0.2) is 40.8 Å². The summed E-state index contributed by atoms with van der Waals surface area (Å²) >= 11 is 0. The number of benzene rings is 1. The van der Waals surface area contributed by atoms with Gasteiger partial charge >= 0.3 is 0 Å². The fourth-order valence-corrected chi connectivity index (χ4v) is 1.53. The Bertz CT molecular complexity index is 497. The van der Waals surface area contributed by atoms with Gasteiger partial charge in [-0.05, 0) is 19.1 Å². The molecule has 3 heteroatoms. The van der Waals surface area contributed by atoms with Crippen LogP contribution in [0.2, 0.25) is 0 Å². The van der Waals surface area contributed by atoms with Gasteiger partial charge in [-0.25, -0.2) is 0 Å². The zero-order valence-electron chi connectivity index (χ0n) is 9.16. The monoisotopic (exact) mass is 214 g/mol. The third-order valence-corrected chi connectivity index (χ3v) is 2.36. The summed E-state index contributed by atoms with van der Waals surface area (Å²) in [6.45, 7) is 2.05. The first-order valence-corrected chi connectivity index (χ1v) is 5.14. The number of nitrogens with one attached hydrogen (secondary N) is 1. The lowest BCUT2D eigenvalue weighted by atomic mass is 10.1. The molecule has 0 unspecified atom stereocenters. The average molecular weight is 214 g/mol. The lowest BCUT2D eigenvalue weighted by Crippen LogP contribution is -2.11. The van der Waals surface area contributed by atoms with Crippen LogP contribution in [0.25, 0.3) is 11.3 Å². The van der Waals surface area contributed by atoms with Crippen LogP contribution in [-0.4, -0.2) is 5.84 Å². The van der Waals surface area contributed by atoms with Crippen molar-refractivity contribution in [3.8, 4) is 11.3 Å². The molecular formula is C13H14N2O. The summed E-state index contributed by atoms with van der Waals surface area (Å²) in [4.78, 5) is 0. The second kappa shape index (κ2) is 4.23. The molecule has 82 valence electrons. The van der Waals surface area contributed by atoms with Crippen LogP contribution < -0.4 is 5.73 Å². The molecule has 3 nitrogen and oxygen atoms in total. The number of furan rings is 1. The molecule has 2 rings (SSSR count). The molecule has 16 heavy (non-hydrogen) atoms. The first kappa shape index (κ1) is 10.5. The molecule has 0 saturated heterocycles. The van der Waals surface area contributed by atoms with E-state index in [0.29, 0.717) is 6.42 Å². The van der Waals surface area contributed by atoms with Gasteiger partial charge < -0.3 is 10.2 Å². The average Bonchev–Trinajstić information content (AvgIpc) is 2.66. The first-order chi connectivity index (χ1) is 7.65. The summed E-state index contributed by atoms with van der Waals surface area (Å²) < 4.78 is 5.60. The highest BCUT2D eigenvalue weighted by Gasteiger charge is 2.05. The van der Waals surface area contributed by atoms with Crippen molar-refractivity contribution in [2.75, 3.05) is 0 Å². The predicted octanol–water partition coefficient (Wildman–Crippen LogP) is 2.73. The van der Waals surface area contributed by atoms with E-state index >= 15 is 0 Å². The molecule has 1 heterocycles. The topological polar surface area (TPSA) is 63.0 Å². The number of hydrogen-bond acceptors (Lipinski definition) is 2. The van der Waals surface area contributed by atoms with Crippen LogP contribution in [-0.2, 0) is 6.42 Å². The Balaban J connectivity index is 2.24. The molecule has 2 aromatic rings. The van der Waals surface area contributed by atoms with Crippen molar-refractivity contribution in [1.82, 2.24) is 0 Å². The molecule has 0 aliphatic rings. The van der Waals surface area contributed by atoms with E-state index in [1.807, 2.05) is 43.3 Å². The van der Waals surface area contributed by atoms with E-state index in [-0.39, 0.29) is 5.84 Å². The van der Waals surface area contributed by atoms with Crippen LogP contribution in [0.3, 0.4) is 0 Å². The summed E-state index contributed by atoms with van der Waals surface area (Å²) in [5.74, 6) is 1.66. The molecule has 0 radical (unpaired) electrons. The van der Waals surface area contributed by atoms with Crippen LogP contribution >= 0.6 is 0 Å². The smallest absolute Gasteiger partial charge is 0.134 e. The number of nitrogens with two attached hydrogens (primary N) is 1. The van der Waals surface area contributed by atoms with Crippen LogP contribution in [0.4, 0.5) is 0 Å². The van der Waals surface area contributed by atoms with Crippen molar-refractivity contribution in [1.29, 1.82) is 5.41 Å². The normalized spacial score (nSPS) is 10.3. The molecule has 0 atom stereocenters. The van der Waals surface area contributed by atoms with E-state index < -0.39 is 0 Å². The number of rotatable bonds is 3. The summed E-state index contributed by atoms with van der Waals surface area (Å²) in [5.41, 5.74) is 7.58. The van der Waals surface area contributed by atoms with Crippen molar-refractivity contribution < 1.29 is 4.42 Å². The zero-order valence-corrected chi connectivity index (χ0v) is 9.16. The van der Waals surface area contributed by atoms with Crippen LogP contribution in [0.5, 0.6) is 0 Å². The maximum Gasteiger partial charge on any atom is 0.134 e. The Morgan fingerprint density at radius 2 is 1.88 bits per heavy atom. The SMILES string of the molecule is Cc1ccc(-c2ccc(CC(=N)N)o2)cc1. The second-order valence-corrected chi connectivity index (χ2v) is 3.83. The summed E-state index contributed by atoms with van der Waals surface area (Å²) in [6, 6.07) is 11.9. The third kappa shape index (κ3) is 2.31. The standard InChI is InChI=1S/C13H14N2O/c1-9-2-4-10(5-3-9)12-7-6-11(16-12)8-13(14)15/h2-7H,8H2,1H3,(H3,14,15). The predicted molar refractivity (Wildman–Crippen MR) is 64.5 cm³/mol. The second-order valence-electron chi connectivity index (χ2n) is 3.83. The number of amidine groups is 1. The minimum Gasteiger partial charge on any atom is -0.461 e. The summed E-state index contributed by atoms with van der Waals surface area (Å²) in [5, 5.41) is 7.19. The van der Waals surface area contributed by atoms with Crippen LogP contribution in [0.1, 0.15) is 11.3 Å². The van der Waals surface area contributed by atoms with E-state index in [4.69, 9.17) is 15.6 Å². The minimum atomic E-state index is 0.116. The molecule has 0 saturated carbocycles. The van der Waals surface area contributed by atoms with Crippen molar-refractivity contribution in [3.63, 3.8) is 0 Å². The Labute approximate surface area is 94.4 Å². The molecule has 0 amide bonds. The fraction of sp³-hybridized carbons (Fsp3) is 0.154. The molecule has 0 spiro atoms. The van der Waals surface area contributed by atoms with Crippen molar-refractivity contribution in [2.45, 2.75) is 13.3 Å². The van der Waals surface area contributed by atoms with Crippen LogP contribution in [0, 0.1) is 12.3 Å². The minimum absolute atomic E-state index is 0.116. The maximum absolute atomic E-state index is 7.19. The lowest BCUT2D eigenvalue weighted by molar-refractivity contribution is 0.539. The van der Waals surface area contributed by atoms with Crippen molar-refractivity contribution in [3.05, 3.63) is 47.7 Å². The highest BCUT2D eigenvalue weighted by molar-refractivity contribution is 5.79. The van der Waals surface area contributed by atoms with E-state index in [2.05, 4.69) is 0 Å². The zero-order chi connectivity index (χ0) is 11.5. The molecule has 0 bridgehead atoms. The van der Waals surface area contributed by atoms with Gasteiger partial charge in [0.25, 0.3) is 0 Å². The van der Waals surface area contributed by atoms with Gasteiger partial charge in [0, 0.05) is 5.56 Å². The maximum atomic E-state index is 7.19. The van der Waals surface area contributed by atoms with Gasteiger partial charge in [-0.1, -0.05) is 29.8 Å². The Kier molecular flexibility index (Phi) is 2.77. The van der Waals surface area contributed by atoms with E-state index in [1.165, 1.54) is 5.56 Å². The largest absolute Gasteiger partial charge is 0.461 e.